The Kier molecular flexibility index (Phi) is 59.6. The first-order valence-electron chi connectivity index (χ1n) is 33.5. The van der Waals surface area contributed by atoms with E-state index in [1.807, 2.05) is 27.2 Å². The molecule has 2 N–H and O–H groups in total. The Morgan fingerprint density at radius 1 is 0.439 bits per heavy atom. The maximum Gasteiger partial charge on any atom is 0.268 e. The second-order valence-electron chi connectivity index (χ2n) is 23.4. The number of nitrogens with zero attached hydrogens (tertiary/aromatic N) is 1. The van der Waals surface area contributed by atoms with Crippen molar-refractivity contribution in [2.24, 2.45) is 0 Å². The second kappa shape index (κ2) is 62.2. The highest BCUT2D eigenvalue weighted by Gasteiger charge is 2.23. The molecule has 0 aromatic carbocycles. The molecule has 0 radical (unpaired) electrons. The highest BCUT2D eigenvalue weighted by molar-refractivity contribution is 7.45. The number of quaternary nitrogens is 1. The lowest BCUT2D eigenvalue weighted by molar-refractivity contribution is -0.870. The number of allylic oxidation sites excluding steroid dienone is 21. The van der Waals surface area contributed by atoms with Crippen LogP contribution in [0.1, 0.15) is 271 Å². The van der Waals surface area contributed by atoms with Gasteiger partial charge in [-0.3, -0.25) is 9.36 Å². The van der Waals surface area contributed by atoms with Gasteiger partial charge in [0.1, 0.15) is 13.2 Å². The van der Waals surface area contributed by atoms with Crippen LogP contribution in [0, 0.1) is 0 Å². The van der Waals surface area contributed by atoms with Crippen LogP contribution < -0.4 is 10.2 Å². The van der Waals surface area contributed by atoms with Crippen LogP contribution in [0.4, 0.5) is 0 Å². The molecule has 82 heavy (non-hydrogen) atoms. The Balaban J connectivity index is 4.09. The summed E-state index contributed by atoms with van der Waals surface area (Å²) >= 11 is 0. The van der Waals surface area contributed by atoms with E-state index in [-0.39, 0.29) is 12.5 Å². The minimum Gasteiger partial charge on any atom is -0.756 e. The Morgan fingerprint density at radius 2 is 0.756 bits per heavy atom. The van der Waals surface area contributed by atoms with Crippen LogP contribution in [0.5, 0.6) is 0 Å². The summed E-state index contributed by atoms with van der Waals surface area (Å²) in [5.74, 6) is -0.212. The number of likely N-dealkylation sites (N-methyl/N-ethyl adjacent to an activating group) is 1. The molecule has 0 aliphatic rings. The fourth-order valence-corrected chi connectivity index (χ4v) is 9.89. The van der Waals surface area contributed by atoms with Crippen molar-refractivity contribution in [1.82, 2.24) is 5.32 Å². The van der Waals surface area contributed by atoms with E-state index in [2.05, 4.69) is 141 Å². The first-order valence-corrected chi connectivity index (χ1v) is 35.0. The number of phosphoric ester groups is 1. The Bertz CT molecular complexity index is 1800. The van der Waals surface area contributed by atoms with Crippen LogP contribution in [0.3, 0.4) is 0 Å². The molecule has 0 spiro atoms. The van der Waals surface area contributed by atoms with E-state index in [4.69, 9.17) is 9.05 Å². The molecular weight excluding hydrogens is 1030 g/mol. The highest BCUT2D eigenvalue weighted by Crippen LogP contribution is 2.38. The third-order valence-corrected chi connectivity index (χ3v) is 15.3. The Labute approximate surface area is 506 Å². The summed E-state index contributed by atoms with van der Waals surface area (Å²) < 4.78 is 23.4. The van der Waals surface area contributed by atoms with Gasteiger partial charge >= 0.3 is 0 Å². The monoisotopic (exact) mass is 1160 g/mol. The van der Waals surface area contributed by atoms with Gasteiger partial charge < -0.3 is 28.8 Å². The van der Waals surface area contributed by atoms with Crippen LogP contribution in [-0.2, 0) is 18.4 Å². The summed E-state index contributed by atoms with van der Waals surface area (Å²) in [5.41, 5.74) is 0. The molecular formula is C73H127N2O6P. The van der Waals surface area contributed by atoms with Gasteiger partial charge in [-0.15, -0.1) is 0 Å². The van der Waals surface area contributed by atoms with Gasteiger partial charge in [-0.25, -0.2) is 0 Å². The molecule has 0 aliphatic heterocycles. The van der Waals surface area contributed by atoms with E-state index >= 15 is 0 Å². The summed E-state index contributed by atoms with van der Waals surface area (Å²) in [6, 6.07) is -0.912. The average Bonchev–Trinajstić information content (AvgIpc) is 3.47. The number of nitrogens with one attached hydrogen (secondary N) is 1. The van der Waals surface area contributed by atoms with E-state index in [9.17, 15) is 19.4 Å². The molecule has 0 rings (SSSR count). The summed E-state index contributed by atoms with van der Waals surface area (Å²) in [7, 11) is 1.23. The van der Waals surface area contributed by atoms with E-state index in [0.29, 0.717) is 17.4 Å². The van der Waals surface area contributed by atoms with Crippen molar-refractivity contribution in [1.29, 1.82) is 0 Å². The van der Waals surface area contributed by atoms with E-state index < -0.39 is 26.6 Å². The molecule has 0 fully saturated rings. The standard InChI is InChI=1S/C73H127N2O6P/c1-6-8-10-12-14-16-18-20-22-24-26-27-28-29-30-31-32-33-34-35-36-37-38-39-40-41-42-43-44-45-46-47-49-51-53-55-57-59-61-63-65-67-73(77)74-71(70-81-82(78,79)80-69-68-75(3,4)5)72(76)66-64-62-60-58-56-54-52-50-48-25-23-21-19-17-15-13-11-9-7-2/h8,10,14,16,20,22,26-27,29-30,32-33,35-36,38-39,41-42,56,58,64,66,71-72,76H,6-7,9,11-13,15,17-19,21,23-25,28,31,34,37,40,43-55,57,59-63,65,67-70H2,1-5H3,(H-,74,77,78,79)/b10-8-,16-14-,22-20-,27-26-,30-29-,33-32-,36-35-,39-38-,42-41-,58-56+,66-64+. The van der Waals surface area contributed by atoms with Crippen LogP contribution in [0.15, 0.2) is 134 Å². The summed E-state index contributed by atoms with van der Waals surface area (Å²) in [6.07, 6.45) is 94.2. The second-order valence-corrected chi connectivity index (χ2v) is 24.8. The van der Waals surface area contributed by atoms with Crippen molar-refractivity contribution in [3.05, 3.63) is 134 Å². The number of carbonyl (C=O) groups excluding carboxylic acids is 1. The van der Waals surface area contributed by atoms with Crippen molar-refractivity contribution >= 4 is 13.7 Å². The zero-order chi connectivity index (χ0) is 59.8. The van der Waals surface area contributed by atoms with Crippen LogP contribution in [-0.4, -0.2) is 68.5 Å². The first-order chi connectivity index (χ1) is 40.0. The molecule has 0 saturated carbocycles. The number of amides is 1. The van der Waals surface area contributed by atoms with Gasteiger partial charge in [0.05, 0.1) is 39.9 Å². The van der Waals surface area contributed by atoms with Crippen molar-refractivity contribution < 1.29 is 32.9 Å². The number of carbonyl (C=O) groups is 1. The SMILES string of the molecule is CC/C=C\C/C=C\C/C=C\C/C=C\C/C=C\C/C=C\C/C=C\C/C=C\C/C=C\CCCCCCCCCCCCCCCC(=O)NC(COP(=O)([O-])OCC[N+](C)(C)C)C(O)/C=C/CC/C=C/CCCCCCCCCCCCCCC. The fourth-order valence-electron chi connectivity index (χ4n) is 9.16. The molecule has 0 aromatic rings. The lowest BCUT2D eigenvalue weighted by atomic mass is 10.0. The molecule has 0 saturated heterocycles. The maximum atomic E-state index is 13.0. The van der Waals surface area contributed by atoms with Gasteiger partial charge in [0, 0.05) is 6.42 Å². The number of rotatable bonds is 60. The summed E-state index contributed by atoms with van der Waals surface area (Å²) in [6.45, 7) is 4.52. The minimum atomic E-state index is -4.62. The molecule has 0 aromatic heterocycles. The zero-order valence-corrected chi connectivity index (χ0v) is 54.5. The maximum absolute atomic E-state index is 13.0. The molecule has 1 amide bonds. The lowest BCUT2D eigenvalue weighted by Crippen LogP contribution is -2.45. The van der Waals surface area contributed by atoms with Crippen LogP contribution >= 0.6 is 7.82 Å². The molecule has 8 nitrogen and oxygen atoms in total. The lowest BCUT2D eigenvalue weighted by Gasteiger charge is -2.29. The smallest absolute Gasteiger partial charge is 0.268 e. The third-order valence-electron chi connectivity index (χ3n) is 14.3. The molecule has 0 heterocycles. The number of unbranched alkanes of at least 4 members (excludes halogenated alkanes) is 27. The molecule has 0 bridgehead atoms. The summed E-state index contributed by atoms with van der Waals surface area (Å²) in [4.78, 5) is 25.6. The number of phosphoric acid groups is 1. The minimum absolute atomic E-state index is 0.0113. The number of hydrogen-bond donors (Lipinski definition) is 2. The molecule has 3 unspecified atom stereocenters. The van der Waals surface area contributed by atoms with Crippen molar-refractivity contribution in [2.45, 2.75) is 283 Å². The van der Waals surface area contributed by atoms with Crippen LogP contribution in [0.25, 0.3) is 0 Å². The number of hydrogen-bond acceptors (Lipinski definition) is 6. The molecule has 0 aliphatic carbocycles. The predicted molar refractivity (Wildman–Crippen MR) is 357 cm³/mol. The molecule has 9 heteroatoms. The first kappa shape index (κ1) is 78.6. The third kappa shape index (κ3) is 64.2. The van der Waals surface area contributed by atoms with Gasteiger partial charge in [0.2, 0.25) is 5.91 Å². The van der Waals surface area contributed by atoms with E-state index in [1.54, 1.807) is 6.08 Å². The summed E-state index contributed by atoms with van der Waals surface area (Å²) in [5, 5.41) is 13.9. The predicted octanol–water partition coefficient (Wildman–Crippen LogP) is 20.8. The highest BCUT2D eigenvalue weighted by atomic mass is 31.2. The van der Waals surface area contributed by atoms with Gasteiger partial charge in [-0.1, -0.05) is 295 Å². The number of aliphatic hydroxyl groups excluding tert-OH is 1. The van der Waals surface area contributed by atoms with Crippen molar-refractivity contribution in [2.75, 3.05) is 40.9 Å². The fraction of sp³-hybridized carbons (Fsp3) is 0.685. The van der Waals surface area contributed by atoms with Gasteiger partial charge in [-0.2, -0.15) is 0 Å². The van der Waals surface area contributed by atoms with Gasteiger partial charge in [-0.05, 0) is 103 Å². The normalized spacial score (nSPS) is 14.6. The number of aliphatic hydroxyl groups is 1. The van der Waals surface area contributed by atoms with Crippen LogP contribution in [0.2, 0.25) is 0 Å². The van der Waals surface area contributed by atoms with Crippen molar-refractivity contribution in [3.63, 3.8) is 0 Å². The topological polar surface area (TPSA) is 108 Å². The van der Waals surface area contributed by atoms with E-state index in [0.717, 1.165) is 96.3 Å². The zero-order valence-electron chi connectivity index (χ0n) is 53.6. The molecule has 470 valence electrons. The quantitative estimate of drug-likeness (QED) is 0.0272. The largest absolute Gasteiger partial charge is 0.756 e. The average molecular weight is 1160 g/mol. The van der Waals surface area contributed by atoms with Gasteiger partial charge in [0.15, 0.2) is 0 Å². The Morgan fingerprint density at radius 3 is 1.13 bits per heavy atom. The van der Waals surface area contributed by atoms with Crippen molar-refractivity contribution in [3.8, 4) is 0 Å². The van der Waals surface area contributed by atoms with E-state index in [1.165, 1.54) is 154 Å². The Hall–Kier alpha value is -3.36. The van der Waals surface area contributed by atoms with Gasteiger partial charge in [0.25, 0.3) is 7.82 Å². The molecule has 3 atom stereocenters.